The van der Waals surface area contributed by atoms with E-state index in [1.165, 1.54) is 11.8 Å². The third-order valence-corrected chi connectivity index (χ3v) is 4.74. The van der Waals surface area contributed by atoms with Crippen LogP contribution in [-0.4, -0.2) is 16.7 Å². The molecule has 0 bridgehead atoms. The van der Waals surface area contributed by atoms with E-state index in [-0.39, 0.29) is 5.75 Å². The van der Waals surface area contributed by atoms with Gasteiger partial charge >= 0.3 is 0 Å². The monoisotopic (exact) mass is 288 g/mol. The van der Waals surface area contributed by atoms with Crippen molar-refractivity contribution in [2.75, 3.05) is 5.75 Å². The fraction of sp³-hybridized carbons (Fsp3) is 0.0714. The summed E-state index contributed by atoms with van der Waals surface area (Å²) in [7, 11) is 0. The summed E-state index contributed by atoms with van der Waals surface area (Å²) < 4.78 is 0. The smallest absolute Gasteiger partial charge is 0.0704 e. The van der Waals surface area contributed by atoms with Crippen LogP contribution in [0.5, 0.6) is 0 Å². The second kappa shape index (κ2) is 5.11. The number of nitrogens with one attached hydrogen (secondary N) is 1. The van der Waals surface area contributed by atoms with Gasteiger partial charge in [0.25, 0.3) is 0 Å². The lowest BCUT2D eigenvalue weighted by molar-refractivity contribution is -0.301. The number of carboxylic acids is 1. The van der Waals surface area contributed by atoms with Gasteiger partial charge in [-0.15, -0.1) is 23.1 Å². The van der Waals surface area contributed by atoms with Crippen molar-refractivity contribution >= 4 is 40.0 Å². The molecule has 0 atom stereocenters. The lowest BCUT2D eigenvalue weighted by Crippen LogP contribution is -2.24. The summed E-state index contributed by atoms with van der Waals surface area (Å²) in [5.41, 5.74) is 2.01. The number of aromatic amines is 1. The average Bonchev–Trinajstić information content (AvgIpc) is 3.03. The standard InChI is InChI=1S/C14H11NO2S2/c16-12(17)8-19-14-9-4-1-2-5-10(9)15-13(14)11-6-3-7-18-11/h1-7,15H,8H2,(H,16,17)/p-1. The summed E-state index contributed by atoms with van der Waals surface area (Å²) in [6.07, 6.45) is 0. The molecular weight excluding hydrogens is 278 g/mol. The van der Waals surface area contributed by atoms with Crippen molar-refractivity contribution < 1.29 is 9.90 Å². The number of aromatic nitrogens is 1. The van der Waals surface area contributed by atoms with Gasteiger partial charge in [-0.1, -0.05) is 24.3 Å². The van der Waals surface area contributed by atoms with Crippen molar-refractivity contribution in [1.82, 2.24) is 4.98 Å². The Hall–Kier alpha value is -1.72. The van der Waals surface area contributed by atoms with Gasteiger partial charge in [-0.2, -0.15) is 0 Å². The molecule has 2 heterocycles. The Kier molecular flexibility index (Phi) is 3.31. The molecule has 96 valence electrons. The van der Waals surface area contributed by atoms with Gasteiger partial charge in [0.2, 0.25) is 0 Å². The van der Waals surface area contributed by atoms with Crippen molar-refractivity contribution in [3.05, 3.63) is 41.8 Å². The normalized spacial score (nSPS) is 10.9. The highest BCUT2D eigenvalue weighted by Gasteiger charge is 2.13. The summed E-state index contributed by atoms with van der Waals surface area (Å²) in [6.45, 7) is 0. The second-order valence-corrected chi connectivity index (χ2v) is 5.95. The van der Waals surface area contributed by atoms with Gasteiger partial charge in [-0.3, -0.25) is 0 Å². The fourth-order valence-corrected chi connectivity index (χ4v) is 3.69. The Morgan fingerprint density at radius 3 is 2.84 bits per heavy atom. The first-order chi connectivity index (χ1) is 9.25. The fourth-order valence-electron chi connectivity index (χ4n) is 1.99. The number of rotatable bonds is 4. The van der Waals surface area contributed by atoms with Gasteiger partial charge in [-0.25, -0.2) is 0 Å². The largest absolute Gasteiger partial charge is 0.549 e. The lowest BCUT2D eigenvalue weighted by Gasteiger charge is -2.04. The zero-order valence-electron chi connectivity index (χ0n) is 9.88. The van der Waals surface area contributed by atoms with Crippen molar-refractivity contribution in [2.24, 2.45) is 0 Å². The van der Waals surface area contributed by atoms with E-state index in [0.717, 1.165) is 26.4 Å². The highest BCUT2D eigenvalue weighted by Crippen LogP contribution is 2.39. The predicted octanol–water partition coefficient (Wildman–Crippen LogP) is 2.74. The molecule has 0 spiro atoms. The van der Waals surface area contributed by atoms with Crippen molar-refractivity contribution in [2.45, 2.75) is 4.90 Å². The summed E-state index contributed by atoms with van der Waals surface area (Å²) in [5.74, 6) is -1.09. The van der Waals surface area contributed by atoms with Crippen molar-refractivity contribution in [3.8, 4) is 10.6 Å². The third kappa shape index (κ3) is 2.39. The minimum atomic E-state index is -1.05. The van der Waals surface area contributed by atoms with Gasteiger partial charge in [0.05, 0.1) is 16.5 Å². The van der Waals surface area contributed by atoms with E-state index < -0.39 is 5.97 Å². The van der Waals surface area contributed by atoms with Gasteiger partial charge in [0.15, 0.2) is 0 Å². The van der Waals surface area contributed by atoms with Crippen LogP contribution in [0.4, 0.5) is 0 Å². The molecule has 3 nitrogen and oxygen atoms in total. The van der Waals surface area contributed by atoms with E-state index in [2.05, 4.69) is 4.98 Å². The third-order valence-electron chi connectivity index (χ3n) is 2.76. The molecule has 3 aromatic rings. The minimum absolute atomic E-state index is 0.0414. The van der Waals surface area contributed by atoms with E-state index >= 15 is 0 Å². The van der Waals surface area contributed by atoms with E-state index in [0.29, 0.717) is 0 Å². The SMILES string of the molecule is O=C([O-])CSc1c(-c2cccs2)[nH]c2ccccc12. The molecule has 0 aliphatic carbocycles. The number of carboxylic acid groups (broad SMARTS) is 1. The number of para-hydroxylation sites is 1. The molecule has 0 aliphatic rings. The number of fused-ring (bicyclic) bond motifs is 1. The Balaban J connectivity index is 2.14. The second-order valence-electron chi connectivity index (χ2n) is 4.01. The molecule has 0 aliphatic heterocycles. The van der Waals surface area contributed by atoms with E-state index in [4.69, 9.17) is 0 Å². The molecule has 0 amide bonds. The topological polar surface area (TPSA) is 55.9 Å². The summed E-state index contributed by atoms with van der Waals surface area (Å²) in [5, 5.41) is 13.7. The van der Waals surface area contributed by atoms with Crippen LogP contribution < -0.4 is 5.11 Å². The van der Waals surface area contributed by atoms with E-state index in [9.17, 15) is 9.90 Å². The summed E-state index contributed by atoms with van der Waals surface area (Å²) in [6, 6.07) is 11.9. The van der Waals surface area contributed by atoms with Crippen LogP contribution in [0.15, 0.2) is 46.7 Å². The number of carbonyl (C=O) groups is 1. The summed E-state index contributed by atoms with van der Waals surface area (Å²) >= 11 is 2.93. The first-order valence-corrected chi connectivity index (χ1v) is 7.59. The number of carbonyl (C=O) groups excluding carboxylic acids is 1. The van der Waals surface area contributed by atoms with Gasteiger partial charge in [-0.05, 0) is 17.5 Å². The first kappa shape index (κ1) is 12.3. The van der Waals surface area contributed by atoms with Crippen LogP contribution >= 0.6 is 23.1 Å². The zero-order chi connectivity index (χ0) is 13.2. The van der Waals surface area contributed by atoms with Gasteiger partial charge < -0.3 is 14.9 Å². The molecule has 0 unspecified atom stereocenters. The van der Waals surface area contributed by atoms with Crippen LogP contribution in [0.1, 0.15) is 0 Å². The van der Waals surface area contributed by atoms with Gasteiger partial charge in [0.1, 0.15) is 0 Å². The first-order valence-electron chi connectivity index (χ1n) is 5.73. The van der Waals surface area contributed by atoms with E-state index in [1.54, 1.807) is 11.3 Å². The average molecular weight is 288 g/mol. The zero-order valence-corrected chi connectivity index (χ0v) is 11.5. The van der Waals surface area contributed by atoms with Crippen molar-refractivity contribution in [3.63, 3.8) is 0 Å². The van der Waals surface area contributed by atoms with Crippen LogP contribution in [0.25, 0.3) is 21.5 Å². The van der Waals surface area contributed by atoms with E-state index in [1.807, 2.05) is 41.8 Å². The van der Waals surface area contributed by atoms with Gasteiger partial charge in [0, 0.05) is 21.6 Å². The van der Waals surface area contributed by atoms with Crippen LogP contribution in [0.2, 0.25) is 0 Å². The highest BCUT2D eigenvalue weighted by molar-refractivity contribution is 8.00. The molecule has 0 radical (unpaired) electrons. The molecule has 5 heteroatoms. The maximum atomic E-state index is 10.7. The Labute approximate surface area is 118 Å². The molecule has 3 rings (SSSR count). The van der Waals surface area contributed by atoms with Crippen LogP contribution in [-0.2, 0) is 4.79 Å². The molecule has 0 saturated carbocycles. The van der Waals surface area contributed by atoms with Crippen molar-refractivity contribution in [1.29, 1.82) is 0 Å². The molecule has 2 aromatic heterocycles. The molecular formula is C14H10NO2S2-. The van der Waals surface area contributed by atoms with Crippen LogP contribution in [0.3, 0.4) is 0 Å². The minimum Gasteiger partial charge on any atom is -0.549 e. The number of hydrogen-bond donors (Lipinski definition) is 1. The maximum Gasteiger partial charge on any atom is 0.0704 e. The predicted molar refractivity (Wildman–Crippen MR) is 77.3 cm³/mol. The number of aliphatic carboxylic acids is 1. The Morgan fingerprint density at radius 2 is 2.11 bits per heavy atom. The molecule has 0 fully saturated rings. The quantitative estimate of drug-likeness (QED) is 0.751. The molecule has 1 N–H and O–H groups in total. The number of thioether (sulfide) groups is 1. The Bertz CT molecular complexity index is 716. The number of thiophene rings is 1. The number of benzene rings is 1. The Morgan fingerprint density at radius 1 is 1.26 bits per heavy atom. The molecule has 1 aromatic carbocycles. The number of hydrogen-bond acceptors (Lipinski definition) is 4. The highest BCUT2D eigenvalue weighted by atomic mass is 32.2. The van der Waals surface area contributed by atoms with Crippen LogP contribution in [0, 0.1) is 0 Å². The molecule has 0 saturated heterocycles. The molecule has 19 heavy (non-hydrogen) atoms. The summed E-state index contributed by atoms with van der Waals surface area (Å²) in [4.78, 5) is 16.1. The number of H-pyrrole nitrogens is 1. The maximum absolute atomic E-state index is 10.7. The lowest BCUT2D eigenvalue weighted by atomic mass is 10.2.